The van der Waals surface area contributed by atoms with Crippen LogP contribution in [0.5, 0.6) is 0 Å². The highest BCUT2D eigenvalue weighted by Crippen LogP contribution is 2.15. The Balaban J connectivity index is 2.13. The van der Waals surface area contributed by atoms with Crippen molar-refractivity contribution in [2.45, 2.75) is 26.3 Å². The minimum Gasteiger partial charge on any atom is -0.478 e. The third-order valence-corrected chi connectivity index (χ3v) is 3.30. The van der Waals surface area contributed by atoms with Crippen LogP contribution in [-0.4, -0.2) is 28.4 Å². The molecule has 2 aromatic rings. The number of carbonyl (C=O) groups is 3. The summed E-state index contributed by atoms with van der Waals surface area (Å²) in [5.41, 5.74) is 0.604. The zero-order valence-electron chi connectivity index (χ0n) is 14.3. The van der Waals surface area contributed by atoms with E-state index in [0.717, 1.165) is 0 Å². The van der Waals surface area contributed by atoms with Crippen LogP contribution >= 0.6 is 0 Å². The molecule has 0 spiro atoms. The van der Waals surface area contributed by atoms with Gasteiger partial charge in [0.05, 0.1) is 11.1 Å². The van der Waals surface area contributed by atoms with E-state index in [1.54, 1.807) is 36.4 Å². The summed E-state index contributed by atoms with van der Waals surface area (Å²) < 4.78 is 0. The molecule has 3 N–H and O–H groups in total. The molecule has 0 radical (unpaired) electrons. The second-order valence-electron chi connectivity index (χ2n) is 6.59. The van der Waals surface area contributed by atoms with Gasteiger partial charge < -0.3 is 15.7 Å². The maximum atomic E-state index is 12.3. The molecule has 0 saturated carbocycles. The molecule has 25 heavy (non-hydrogen) atoms. The van der Waals surface area contributed by atoms with Gasteiger partial charge in [-0.05, 0) is 57.2 Å². The largest absolute Gasteiger partial charge is 0.478 e. The number of carboxylic acids is 1. The smallest absolute Gasteiger partial charge is 0.336 e. The van der Waals surface area contributed by atoms with Crippen molar-refractivity contribution in [3.8, 4) is 0 Å². The fraction of sp³-hybridized carbons (Fsp3) is 0.211. The third-order valence-electron chi connectivity index (χ3n) is 3.30. The minimum atomic E-state index is -1.17. The first-order valence-electron chi connectivity index (χ1n) is 7.73. The van der Waals surface area contributed by atoms with Crippen LogP contribution in [0, 0.1) is 0 Å². The number of nitrogens with one attached hydrogen (secondary N) is 2. The molecule has 130 valence electrons. The first kappa shape index (κ1) is 18.2. The second-order valence-corrected chi connectivity index (χ2v) is 6.59. The summed E-state index contributed by atoms with van der Waals surface area (Å²) in [6.45, 7) is 5.66. The Morgan fingerprint density at radius 2 is 1.40 bits per heavy atom. The first-order chi connectivity index (χ1) is 11.7. The highest BCUT2D eigenvalue weighted by Gasteiger charge is 2.17. The monoisotopic (exact) mass is 340 g/mol. The summed E-state index contributed by atoms with van der Waals surface area (Å²) >= 11 is 0. The number of benzene rings is 2. The first-order valence-corrected chi connectivity index (χ1v) is 7.73. The Bertz CT molecular complexity index is 805. The van der Waals surface area contributed by atoms with Gasteiger partial charge in [-0.25, -0.2) is 4.79 Å². The van der Waals surface area contributed by atoms with E-state index in [-0.39, 0.29) is 22.6 Å². The highest BCUT2D eigenvalue weighted by atomic mass is 16.4. The van der Waals surface area contributed by atoms with Crippen LogP contribution in [0.3, 0.4) is 0 Å². The van der Waals surface area contributed by atoms with Crippen molar-refractivity contribution in [2.24, 2.45) is 0 Å². The van der Waals surface area contributed by atoms with E-state index in [2.05, 4.69) is 10.6 Å². The third kappa shape index (κ3) is 4.91. The number of carboxylic acid groups (broad SMARTS) is 1. The molecule has 0 aliphatic rings. The number of hydrogen-bond donors (Lipinski definition) is 3. The second kappa shape index (κ2) is 7.17. The maximum Gasteiger partial charge on any atom is 0.336 e. The van der Waals surface area contributed by atoms with Crippen molar-refractivity contribution in [2.75, 3.05) is 5.32 Å². The van der Waals surface area contributed by atoms with Gasteiger partial charge in [-0.2, -0.15) is 0 Å². The van der Waals surface area contributed by atoms with Crippen LogP contribution in [0.4, 0.5) is 5.69 Å². The lowest BCUT2D eigenvalue weighted by Crippen LogP contribution is -2.40. The molecule has 0 fully saturated rings. The van der Waals surface area contributed by atoms with Crippen LogP contribution in [-0.2, 0) is 0 Å². The summed E-state index contributed by atoms with van der Waals surface area (Å²) in [5, 5.41) is 14.6. The topological polar surface area (TPSA) is 95.5 Å². The molecule has 2 amide bonds. The van der Waals surface area contributed by atoms with Gasteiger partial charge >= 0.3 is 5.97 Å². The zero-order chi connectivity index (χ0) is 18.6. The fourth-order valence-electron chi connectivity index (χ4n) is 2.18. The predicted molar refractivity (Wildman–Crippen MR) is 95.0 cm³/mol. The Kier molecular flexibility index (Phi) is 5.22. The van der Waals surface area contributed by atoms with Crippen molar-refractivity contribution in [3.63, 3.8) is 0 Å². The Morgan fingerprint density at radius 1 is 0.840 bits per heavy atom. The number of rotatable bonds is 4. The number of amides is 2. The van der Waals surface area contributed by atoms with Crippen LogP contribution in [0.25, 0.3) is 0 Å². The molecule has 0 aromatic heterocycles. The average Bonchev–Trinajstić information content (AvgIpc) is 2.53. The van der Waals surface area contributed by atoms with Gasteiger partial charge in [0, 0.05) is 16.8 Å². The molecule has 0 bridgehead atoms. The summed E-state index contributed by atoms with van der Waals surface area (Å²) in [6, 6.07) is 12.4. The van der Waals surface area contributed by atoms with Crippen LogP contribution in [0.1, 0.15) is 51.8 Å². The van der Waals surface area contributed by atoms with E-state index in [9.17, 15) is 14.4 Å². The molecule has 2 rings (SSSR count). The van der Waals surface area contributed by atoms with Gasteiger partial charge in [0.2, 0.25) is 0 Å². The molecule has 0 atom stereocenters. The standard InChI is InChI=1S/C19H20N2O4/c1-19(2,3)21-16(22)12-8-10-13(11-9-12)20-17(23)14-6-4-5-7-15(14)18(24)25/h4-11H,1-3H3,(H,20,23)(H,21,22)(H,24,25). The molecule has 0 unspecified atom stereocenters. The van der Waals surface area contributed by atoms with Gasteiger partial charge in [0.25, 0.3) is 11.8 Å². The number of carbonyl (C=O) groups excluding carboxylic acids is 2. The summed E-state index contributed by atoms with van der Waals surface area (Å²) in [6.07, 6.45) is 0. The molecule has 0 aliphatic carbocycles. The lowest BCUT2D eigenvalue weighted by molar-refractivity contribution is 0.0692. The minimum absolute atomic E-state index is 0.0684. The van der Waals surface area contributed by atoms with Crippen molar-refractivity contribution >= 4 is 23.5 Å². The van der Waals surface area contributed by atoms with Crippen molar-refractivity contribution in [1.82, 2.24) is 5.32 Å². The van der Waals surface area contributed by atoms with E-state index in [0.29, 0.717) is 11.3 Å². The maximum absolute atomic E-state index is 12.3. The van der Waals surface area contributed by atoms with Crippen LogP contribution < -0.4 is 10.6 Å². The Hall–Kier alpha value is -3.15. The van der Waals surface area contributed by atoms with Crippen molar-refractivity contribution in [1.29, 1.82) is 0 Å². The SMILES string of the molecule is CC(C)(C)NC(=O)c1ccc(NC(=O)c2ccccc2C(=O)O)cc1. The molecule has 2 aromatic carbocycles. The van der Waals surface area contributed by atoms with E-state index in [1.807, 2.05) is 20.8 Å². The fourth-order valence-corrected chi connectivity index (χ4v) is 2.18. The van der Waals surface area contributed by atoms with Gasteiger partial charge in [0.15, 0.2) is 0 Å². The Morgan fingerprint density at radius 3 is 1.92 bits per heavy atom. The predicted octanol–water partition coefficient (Wildman–Crippen LogP) is 3.17. The quantitative estimate of drug-likeness (QED) is 0.796. The highest BCUT2D eigenvalue weighted by molar-refractivity contribution is 6.10. The van der Waals surface area contributed by atoms with Gasteiger partial charge in [-0.1, -0.05) is 12.1 Å². The summed E-state index contributed by atoms with van der Waals surface area (Å²) in [7, 11) is 0. The lowest BCUT2D eigenvalue weighted by Gasteiger charge is -2.20. The summed E-state index contributed by atoms with van der Waals surface area (Å²) in [5.74, 6) is -1.90. The zero-order valence-corrected chi connectivity index (χ0v) is 14.3. The van der Waals surface area contributed by atoms with Crippen LogP contribution in [0.2, 0.25) is 0 Å². The molecule has 0 aliphatic heterocycles. The van der Waals surface area contributed by atoms with E-state index in [1.165, 1.54) is 12.1 Å². The number of hydrogen-bond acceptors (Lipinski definition) is 3. The number of aromatic carboxylic acids is 1. The average molecular weight is 340 g/mol. The molecule has 6 nitrogen and oxygen atoms in total. The lowest BCUT2D eigenvalue weighted by atomic mass is 10.1. The summed E-state index contributed by atoms with van der Waals surface area (Å²) in [4.78, 5) is 35.6. The number of anilines is 1. The Labute approximate surface area is 145 Å². The molecule has 0 heterocycles. The molecule has 6 heteroatoms. The van der Waals surface area contributed by atoms with E-state index < -0.39 is 11.9 Å². The van der Waals surface area contributed by atoms with Gasteiger partial charge in [-0.15, -0.1) is 0 Å². The van der Waals surface area contributed by atoms with Crippen molar-refractivity contribution < 1.29 is 19.5 Å². The van der Waals surface area contributed by atoms with E-state index in [4.69, 9.17) is 5.11 Å². The normalized spacial score (nSPS) is 10.8. The van der Waals surface area contributed by atoms with Gasteiger partial charge in [-0.3, -0.25) is 9.59 Å². The molecular formula is C19H20N2O4. The van der Waals surface area contributed by atoms with E-state index >= 15 is 0 Å². The molecular weight excluding hydrogens is 320 g/mol. The van der Waals surface area contributed by atoms with Gasteiger partial charge in [0.1, 0.15) is 0 Å². The van der Waals surface area contributed by atoms with Crippen LogP contribution in [0.15, 0.2) is 48.5 Å². The molecule has 0 saturated heterocycles. The van der Waals surface area contributed by atoms with Crippen molar-refractivity contribution in [3.05, 3.63) is 65.2 Å².